The van der Waals surface area contributed by atoms with Crippen molar-refractivity contribution in [3.05, 3.63) is 46.5 Å². The van der Waals surface area contributed by atoms with Gasteiger partial charge in [-0.2, -0.15) is 5.10 Å². The number of aromatic nitrogens is 3. The van der Waals surface area contributed by atoms with Gasteiger partial charge in [0.15, 0.2) is 5.78 Å². The molecule has 2 rings (SSSR count). The van der Waals surface area contributed by atoms with Crippen molar-refractivity contribution < 1.29 is 4.79 Å². The highest BCUT2D eigenvalue weighted by Crippen LogP contribution is 2.13. The molecule has 0 saturated carbocycles. The third-order valence-electron chi connectivity index (χ3n) is 3.40. The molecular formula is C16H21N3O. The van der Waals surface area contributed by atoms with Gasteiger partial charge >= 0.3 is 0 Å². The van der Waals surface area contributed by atoms with E-state index in [2.05, 4.69) is 17.0 Å². The molecule has 0 radical (unpaired) electrons. The summed E-state index contributed by atoms with van der Waals surface area (Å²) in [6, 6.07) is 4.01. The number of carbonyl (C=O) groups is 1. The topological polar surface area (TPSA) is 47.8 Å². The van der Waals surface area contributed by atoms with Gasteiger partial charge in [-0.1, -0.05) is 13.0 Å². The molecule has 0 fully saturated rings. The van der Waals surface area contributed by atoms with Crippen molar-refractivity contribution >= 4 is 5.78 Å². The Hall–Kier alpha value is -1.97. The number of pyridine rings is 1. The van der Waals surface area contributed by atoms with Crippen LogP contribution in [0.4, 0.5) is 0 Å². The maximum atomic E-state index is 12.4. The minimum atomic E-state index is 0.0553. The van der Waals surface area contributed by atoms with Gasteiger partial charge in [0.25, 0.3) is 0 Å². The predicted octanol–water partition coefficient (Wildman–Crippen LogP) is 2.90. The van der Waals surface area contributed by atoms with E-state index in [-0.39, 0.29) is 5.78 Å². The van der Waals surface area contributed by atoms with E-state index in [1.54, 1.807) is 6.20 Å². The number of carbonyl (C=O) groups excluding carboxylic acids is 1. The lowest BCUT2D eigenvalue weighted by molar-refractivity contribution is 0.0985. The standard InChI is InChI=1S/C16H21N3O/c1-5-13-8-14(19(6-2)18-13)9-15(20)16-12(4)7-11(3)10-17-16/h7-8,10H,5-6,9H2,1-4H3. The van der Waals surface area contributed by atoms with Crippen LogP contribution in [0.15, 0.2) is 18.3 Å². The molecule has 0 N–H and O–H groups in total. The average Bonchev–Trinajstić information content (AvgIpc) is 2.80. The second-order valence-corrected chi connectivity index (χ2v) is 5.07. The van der Waals surface area contributed by atoms with E-state index in [1.165, 1.54) is 0 Å². The highest BCUT2D eigenvalue weighted by molar-refractivity contribution is 5.96. The number of nitrogens with zero attached hydrogens (tertiary/aromatic N) is 3. The lowest BCUT2D eigenvalue weighted by Gasteiger charge is -2.06. The molecule has 20 heavy (non-hydrogen) atoms. The van der Waals surface area contributed by atoms with E-state index in [9.17, 15) is 4.79 Å². The molecule has 2 aromatic heterocycles. The van der Waals surface area contributed by atoms with Crippen LogP contribution in [0.1, 0.15) is 46.9 Å². The van der Waals surface area contributed by atoms with E-state index in [1.807, 2.05) is 37.6 Å². The van der Waals surface area contributed by atoms with Gasteiger partial charge in [-0.3, -0.25) is 14.5 Å². The van der Waals surface area contributed by atoms with Crippen molar-refractivity contribution in [2.75, 3.05) is 0 Å². The quantitative estimate of drug-likeness (QED) is 0.786. The summed E-state index contributed by atoms with van der Waals surface area (Å²) >= 11 is 0. The van der Waals surface area contributed by atoms with Crippen LogP contribution in [0.5, 0.6) is 0 Å². The fourth-order valence-electron chi connectivity index (χ4n) is 2.36. The summed E-state index contributed by atoms with van der Waals surface area (Å²) in [5.74, 6) is 0.0553. The van der Waals surface area contributed by atoms with E-state index in [0.717, 1.165) is 35.5 Å². The predicted molar refractivity (Wildman–Crippen MR) is 79.0 cm³/mol. The third kappa shape index (κ3) is 2.95. The molecule has 0 bridgehead atoms. The Kier molecular flexibility index (Phi) is 4.32. The maximum Gasteiger partial charge on any atom is 0.187 e. The van der Waals surface area contributed by atoms with Gasteiger partial charge in [0.2, 0.25) is 0 Å². The Morgan fingerprint density at radius 2 is 2.00 bits per heavy atom. The Bertz CT molecular complexity index is 629. The Morgan fingerprint density at radius 3 is 2.60 bits per heavy atom. The monoisotopic (exact) mass is 271 g/mol. The van der Waals surface area contributed by atoms with E-state index < -0.39 is 0 Å². The largest absolute Gasteiger partial charge is 0.292 e. The lowest BCUT2D eigenvalue weighted by Crippen LogP contribution is -2.12. The van der Waals surface area contributed by atoms with Crippen molar-refractivity contribution in [3.63, 3.8) is 0 Å². The van der Waals surface area contributed by atoms with Gasteiger partial charge in [0.1, 0.15) is 5.69 Å². The number of aryl methyl sites for hydroxylation is 4. The first-order valence-corrected chi connectivity index (χ1v) is 7.07. The zero-order chi connectivity index (χ0) is 14.7. The van der Waals surface area contributed by atoms with Gasteiger partial charge in [0, 0.05) is 18.4 Å². The molecule has 0 amide bonds. The molecule has 2 heterocycles. The van der Waals surface area contributed by atoms with Crippen molar-refractivity contribution in [1.29, 1.82) is 0 Å². The first-order valence-electron chi connectivity index (χ1n) is 7.07. The fourth-order valence-corrected chi connectivity index (χ4v) is 2.36. The summed E-state index contributed by atoms with van der Waals surface area (Å²) in [4.78, 5) is 16.7. The van der Waals surface area contributed by atoms with E-state index in [4.69, 9.17) is 0 Å². The normalized spacial score (nSPS) is 10.8. The summed E-state index contributed by atoms with van der Waals surface area (Å²) in [7, 11) is 0. The molecule has 0 aromatic carbocycles. The summed E-state index contributed by atoms with van der Waals surface area (Å²) in [5.41, 5.74) is 4.58. The van der Waals surface area contributed by atoms with Crippen LogP contribution in [0, 0.1) is 13.8 Å². The molecule has 4 heteroatoms. The van der Waals surface area contributed by atoms with Crippen molar-refractivity contribution in [3.8, 4) is 0 Å². The van der Waals surface area contributed by atoms with Crippen LogP contribution >= 0.6 is 0 Å². The fraction of sp³-hybridized carbons (Fsp3) is 0.438. The minimum absolute atomic E-state index is 0.0553. The van der Waals surface area contributed by atoms with Crippen molar-refractivity contribution in [2.45, 2.75) is 47.1 Å². The van der Waals surface area contributed by atoms with E-state index >= 15 is 0 Å². The van der Waals surface area contributed by atoms with E-state index in [0.29, 0.717) is 12.1 Å². The molecule has 0 aliphatic heterocycles. The van der Waals surface area contributed by atoms with Crippen molar-refractivity contribution in [1.82, 2.24) is 14.8 Å². The summed E-state index contributed by atoms with van der Waals surface area (Å²) in [5, 5.41) is 4.47. The van der Waals surface area contributed by atoms with Gasteiger partial charge in [0.05, 0.1) is 12.1 Å². The Morgan fingerprint density at radius 1 is 1.25 bits per heavy atom. The van der Waals surface area contributed by atoms with Crippen molar-refractivity contribution in [2.24, 2.45) is 0 Å². The SMILES string of the molecule is CCc1cc(CC(=O)c2ncc(C)cc2C)n(CC)n1. The smallest absolute Gasteiger partial charge is 0.187 e. The molecule has 4 nitrogen and oxygen atoms in total. The third-order valence-corrected chi connectivity index (χ3v) is 3.40. The molecule has 0 aliphatic rings. The first kappa shape index (κ1) is 14.4. The average molecular weight is 271 g/mol. The molecule has 2 aromatic rings. The van der Waals surface area contributed by atoms with Gasteiger partial charge in [-0.15, -0.1) is 0 Å². The number of hydrogen-bond donors (Lipinski definition) is 0. The number of rotatable bonds is 5. The lowest BCUT2D eigenvalue weighted by atomic mass is 10.1. The summed E-state index contributed by atoms with van der Waals surface area (Å²) in [6.45, 7) is 8.80. The maximum absolute atomic E-state index is 12.4. The van der Waals surface area contributed by atoms with Crippen LogP contribution in [-0.4, -0.2) is 20.5 Å². The van der Waals surface area contributed by atoms with Crippen LogP contribution in [0.3, 0.4) is 0 Å². The highest BCUT2D eigenvalue weighted by atomic mass is 16.1. The zero-order valence-corrected chi connectivity index (χ0v) is 12.6. The zero-order valence-electron chi connectivity index (χ0n) is 12.6. The minimum Gasteiger partial charge on any atom is -0.292 e. The van der Waals surface area contributed by atoms with Crippen LogP contribution in [-0.2, 0) is 19.4 Å². The second kappa shape index (κ2) is 5.99. The molecule has 0 aliphatic carbocycles. The molecule has 0 atom stereocenters. The molecular weight excluding hydrogens is 250 g/mol. The van der Waals surface area contributed by atoms with Crippen LogP contribution in [0.25, 0.3) is 0 Å². The van der Waals surface area contributed by atoms with Crippen LogP contribution < -0.4 is 0 Å². The molecule has 0 spiro atoms. The first-order chi connectivity index (χ1) is 9.55. The highest BCUT2D eigenvalue weighted by Gasteiger charge is 2.15. The number of ketones is 1. The van der Waals surface area contributed by atoms with Gasteiger partial charge < -0.3 is 0 Å². The second-order valence-electron chi connectivity index (χ2n) is 5.07. The van der Waals surface area contributed by atoms with Crippen LogP contribution in [0.2, 0.25) is 0 Å². The Balaban J connectivity index is 2.25. The summed E-state index contributed by atoms with van der Waals surface area (Å²) in [6.07, 6.45) is 2.99. The number of hydrogen-bond acceptors (Lipinski definition) is 3. The molecule has 106 valence electrons. The number of Topliss-reactive ketones (excluding diaryl/α,β-unsaturated/α-hetero) is 1. The van der Waals surface area contributed by atoms with Gasteiger partial charge in [-0.05, 0) is 44.4 Å². The molecule has 0 unspecified atom stereocenters. The molecule has 0 saturated heterocycles. The van der Waals surface area contributed by atoms with Gasteiger partial charge in [-0.25, -0.2) is 0 Å². The Labute approximate surface area is 119 Å². The summed E-state index contributed by atoms with van der Waals surface area (Å²) < 4.78 is 1.90.